The highest BCUT2D eigenvalue weighted by Gasteiger charge is 2.35. The number of Topliss-reactive ketones (excluding diaryl/α,β-unsaturated/α-hetero) is 1. The third-order valence-electron chi connectivity index (χ3n) is 4.90. The molecule has 3 nitrogen and oxygen atoms in total. The summed E-state index contributed by atoms with van der Waals surface area (Å²) in [4.78, 5) is 26.1. The largest absolute Gasteiger partial charge is 0.336 e. The molecule has 3 heteroatoms. The molecule has 0 radical (unpaired) electrons. The second-order valence-corrected chi connectivity index (χ2v) is 6.88. The lowest BCUT2D eigenvalue weighted by Gasteiger charge is -2.30. The summed E-state index contributed by atoms with van der Waals surface area (Å²) in [6, 6.07) is 0.369. The lowest BCUT2D eigenvalue weighted by Crippen LogP contribution is -2.41. The minimum Gasteiger partial charge on any atom is -0.336 e. The van der Waals surface area contributed by atoms with Crippen LogP contribution in [-0.2, 0) is 9.59 Å². The van der Waals surface area contributed by atoms with Crippen molar-refractivity contribution in [2.24, 2.45) is 5.92 Å². The molecule has 0 saturated carbocycles. The zero-order valence-electron chi connectivity index (χ0n) is 14.6. The average Bonchev–Trinajstić information content (AvgIpc) is 2.85. The number of hydrogen-bond donors (Lipinski definition) is 0. The first-order chi connectivity index (χ1) is 10.5. The molecule has 0 spiro atoms. The summed E-state index contributed by atoms with van der Waals surface area (Å²) in [6.45, 7) is 9.91. The number of nitrogens with zero attached hydrogens (tertiary/aromatic N) is 1. The van der Waals surface area contributed by atoms with Gasteiger partial charge in [-0.25, -0.2) is 0 Å². The fraction of sp³-hybridized carbons (Fsp3) is 0.789. The number of rotatable bonds is 10. The summed E-state index contributed by atoms with van der Waals surface area (Å²) >= 11 is 0. The van der Waals surface area contributed by atoms with E-state index in [9.17, 15) is 9.59 Å². The van der Waals surface area contributed by atoms with E-state index in [0.29, 0.717) is 12.8 Å². The molecule has 22 heavy (non-hydrogen) atoms. The Morgan fingerprint density at radius 1 is 1.27 bits per heavy atom. The van der Waals surface area contributed by atoms with Crippen molar-refractivity contribution in [2.45, 2.75) is 90.6 Å². The molecule has 0 N–H and O–H groups in total. The third-order valence-corrected chi connectivity index (χ3v) is 4.90. The number of hydrogen-bond acceptors (Lipinski definition) is 2. The molecule has 0 aromatic carbocycles. The number of carbonyl (C=O) groups excluding carboxylic acids is 2. The maximum atomic E-state index is 12.6. The van der Waals surface area contributed by atoms with Gasteiger partial charge in [-0.3, -0.25) is 9.59 Å². The molecule has 0 aromatic heterocycles. The second-order valence-electron chi connectivity index (χ2n) is 6.88. The van der Waals surface area contributed by atoms with Crippen LogP contribution in [0, 0.1) is 5.92 Å². The molecule has 126 valence electrons. The van der Waals surface area contributed by atoms with Crippen LogP contribution in [0.2, 0.25) is 0 Å². The van der Waals surface area contributed by atoms with Crippen molar-refractivity contribution in [3.8, 4) is 0 Å². The first-order valence-corrected chi connectivity index (χ1v) is 8.91. The van der Waals surface area contributed by atoms with Crippen LogP contribution in [0.5, 0.6) is 0 Å². The monoisotopic (exact) mass is 307 g/mol. The van der Waals surface area contributed by atoms with E-state index >= 15 is 0 Å². The number of carbonyl (C=O) groups is 2. The molecule has 1 aliphatic rings. The minimum atomic E-state index is 0.115. The summed E-state index contributed by atoms with van der Waals surface area (Å²) in [6.07, 6.45) is 10.3. The van der Waals surface area contributed by atoms with Crippen LogP contribution in [0.1, 0.15) is 78.6 Å². The van der Waals surface area contributed by atoms with E-state index in [-0.39, 0.29) is 23.8 Å². The van der Waals surface area contributed by atoms with Crippen LogP contribution in [0.25, 0.3) is 0 Å². The van der Waals surface area contributed by atoms with Gasteiger partial charge in [0.15, 0.2) is 0 Å². The molecule has 3 atom stereocenters. The van der Waals surface area contributed by atoms with Crippen molar-refractivity contribution < 1.29 is 9.59 Å². The Balaban J connectivity index is 2.52. The Labute approximate surface area is 136 Å². The van der Waals surface area contributed by atoms with E-state index in [1.807, 2.05) is 11.0 Å². The van der Waals surface area contributed by atoms with Crippen molar-refractivity contribution in [1.29, 1.82) is 0 Å². The summed E-state index contributed by atoms with van der Waals surface area (Å²) in [5.74, 6) is 1.17. The van der Waals surface area contributed by atoms with E-state index < -0.39 is 0 Å². The second kappa shape index (κ2) is 9.81. The van der Waals surface area contributed by atoms with E-state index in [0.717, 1.165) is 38.0 Å². The molecule has 1 rings (SSSR count). The zero-order chi connectivity index (χ0) is 16.5. The van der Waals surface area contributed by atoms with Gasteiger partial charge in [-0.2, -0.15) is 0 Å². The third kappa shape index (κ3) is 5.94. The number of ketones is 1. The van der Waals surface area contributed by atoms with Gasteiger partial charge in [0, 0.05) is 24.9 Å². The molecule has 0 aromatic rings. The Morgan fingerprint density at radius 2 is 1.95 bits per heavy atom. The summed E-state index contributed by atoms with van der Waals surface area (Å²) in [5, 5.41) is 0. The van der Waals surface area contributed by atoms with E-state index in [4.69, 9.17) is 0 Å². The average molecular weight is 307 g/mol. The van der Waals surface area contributed by atoms with Gasteiger partial charge in [0.25, 0.3) is 0 Å². The SMILES string of the molecule is C=CCC1CCC(CC(C)=O)N1C(=O)CCCCC(C)CC. The maximum Gasteiger partial charge on any atom is 0.223 e. The lowest BCUT2D eigenvalue weighted by molar-refractivity contribution is -0.134. The van der Waals surface area contributed by atoms with Crippen LogP contribution in [0.15, 0.2) is 12.7 Å². The van der Waals surface area contributed by atoms with Gasteiger partial charge in [-0.1, -0.05) is 39.2 Å². The van der Waals surface area contributed by atoms with Crippen molar-refractivity contribution >= 4 is 11.7 Å². The molecule has 1 saturated heterocycles. The van der Waals surface area contributed by atoms with Crippen LogP contribution in [-0.4, -0.2) is 28.7 Å². The highest BCUT2D eigenvalue weighted by molar-refractivity contribution is 5.80. The van der Waals surface area contributed by atoms with E-state index in [1.54, 1.807) is 6.92 Å². The Kier molecular flexibility index (Phi) is 8.44. The molecule has 1 aliphatic heterocycles. The summed E-state index contributed by atoms with van der Waals surface area (Å²) in [5.41, 5.74) is 0. The van der Waals surface area contributed by atoms with Crippen molar-refractivity contribution in [3.05, 3.63) is 12.7 Å². The lowest BCUT2D eigenvalue weighted by atomic mass is 10.0. The summed E-state index contributed by atoms with van der Waals surface area (Å²) in [7, 11) is 0. The molecule has 3 unspecified atom stereocenters. The molecule has 0 bridgehead atoms. The number of amides is 1. The van der Waals surface area contributed by atoms with Crippen molar-refractivity contribution in [1.82, 2.24) is 4.90 Å². The van der Waals surface area contributed by atoms with E-state index in [2.05, 4.69) is 20.4 Å². The fourth-order valence-corrected chi connectivity index (χ4v) is 3.43. The standard InChI is InChI=1S/C19H33NO2/c1-5-9-17-12-13-18(14-16(4)21)20(17)19(22)11-8-7-10-15(3)6-2/h5,15,17-18H,1,6-14H2,2-4H3. The molecule has 1 heterocycles. The first-order valence-electron chi connectivity index (χ1n) is 8.91. The van der Waals surface area contributed by atoms with Crippen LogP contribution < -0.4 is 0 Å². The molecule has 1 fully saturated rings. The topological polar surface area (TPSA) is 37.4 Å². The highest BCUT2D eigenvalue weighted by atomic mass is 16.2. The van der Waals surface area contributed by atoms with Gasteiger partial charge in [-0.05, 0) is 38.5 Å². The predicted molar refractivity (Wildman–Crippen MR) is 91.7 cm³/mol. The highest BCUT2D eigenvalue weighted by Crippen LogP contribution is 2.30. The van der Waals surface area contributed by atoms with Gasteiger partial charge in [0.1, 0.15) is 5.78 Å². The number of likely N-dealkylation sites (tertiary alicyclic amines) is 1. The predicted octanol–water partition coefficient (Wildman–Crippen LogP) is 4.51. The Hall–Kier alpha value is -1.12. The van der Waals surface area contributed by atoms with Crippen LogP contribution in [0.4, 0.5) is 0 Å². The Bertz CT molecular complexity index is 378. The van der Waals surface area contributed by atoms with Gasteiger partial charge >= 0.3 is 0 Å². The van der Waals surface area contributed by atoms with Gasteiger partial charge in [0.2, 0.25) is 5.91 Å². The van der Waals surface area contributed by atoms with Gasteiger partial charge in [-0.15, -0.1) is 6.58 Å². The minimum absolute atomic E-state index is 0.115. The van der Waals surface area contributed by atoms with Crippen molar-refractivity contribution in [3.63, 3.8) is 0 Å². The molecular weight excluding hydrogens is 274 g/mol. The molecule has 1 amide bonds. The van der Waals surface area contributed by atoms with Crippen molar-refractivity contribution in [2.75, 3.05) is 0 Å². The maximum absolute atomic E-state index is 12.6. The number of unbranched alkanes of at least 4 members (excludes halogenated alkanes) is 1. The fourth-order valence-electron chi connectivity index (χ4n) is 3.43. The first kappa shape index (κ1) is 18.9. The normalized spacial score (nSPS) is 22.6. The summed E-state index contributed by atoms with van der Waals surface area (Å²) < 4.78 is 0. The van der Waals surface area contributed by atoms with Gasteiger partial charge in [0.05, 0.1) is 0 Å². The Morgan fingerprint density at radius 3 is 2.55 bits per heavy atom. The smallest absolute Gasteiger partial charge is 0.223 e. The van der Waals surface area contributed by atoms with E-state index in [1.165, 1.54) is 12.8 Å². The molecule has 0 aliphatic carbocycles. The molecular formula is C19H33NO2. The van der Waals surface area contributed by atoms with Crippen LogP contribution in [0.3, 0.4) is 0 Å². The van der Waals surface area contributed by atoms with Crippen LogP contribution >= 0.6 is 0 Å². The van der Waals surface area contributed by atoms with Gasteiger partial charge < -0.3 is 4.90 Å². The quantitative estimate of drug-likeness (QED) is 0.440. The zero-order valence-corrected chi connectivity index (χ0v) is 14.6.